The summed E-state index contributed by atoms with van der Waals surface area (Å²) in [6, 6.07) is 19.7. The van der Waals surface area contributed by atoms with Crippen molar-refractivity contribution >= 4 is 17.4 Å². The molecule has 0 saturated carbocycles. The number of nitrogens with zero attached hydrogens (tertiary/aromatic N) is 3. The van der Waals surface area contributed by atoms with Crippen molar-refractivity contribution in [1.29, 1.82) is 0 Å². The molecule has 0 unspecified atom stereocenters. The molecule has 1 fully saturated rings. The largest absolute Gasteiger partial charge is 0.481 e. The Hall–Kier alpha value is -3.87. The average molecular weight is 474 g/mol. The first-order valence-electron chi connectivity index (χ1n) is 11.9. The molecule has 182 valence electrons. The Morgan fingerprint density at radius 2 is 1.74 bits per heavy atom. The number of rotatable bonds is 7. The Morgan fingerprint density at radius 3 is 2.34 bits per heavy atom. The van der Waals surface area contributed by atoms with Crippen LogP contribution in [0.1, 0.15) is 47.4 Å². The predicted octanol–water partition coefficient (Wildman–Crippen LogP) is 4.40. The van der Waals surface area contributed by atoms with E-state index in [1.54, 1.807) is 19.3 Å². The van der Waals surface area contributed by atoms with Gasteiger partial charge in [-0.15, -0.1) is 0 Å². The summed E-state index contributed by atoms with van der Waals surface area (Å²) < 4.78 is 1.48. The molecule has 4 rings (SSSR count). The lowest BCUT2D eigenvalue weighted by atomic mass is 9.83. The van der Waals surface area contributed by atoms with Crippen molar-refractivity contribution in [1.82, 2.24) is 4.57 Å². The van der Waals surface area contributed by atoms with E-state index in [9.17, 15) is 19.9 Å². The van der Waals surface area contributed by atoms with Crippen LogP contribution in [0, 0.1) is 12.8 Å². The molecule has 3 aromatic rings. The molecule has 0 amide bonds. The van der Waals surface area contributed by atoms with Crippen LogP contribution in [-0.4, -0.2) is 39.7 Å². The number of piperidine rings is 1. The zero-order chi connectivity index (χ0) is 24.9. The van der Waals surface area contributed by atoms with E-state index in [-0.39, 0.29) is 17.4 Å². The van der Waals surface area contributed by atoms with Crippen LogP contribution >= 0.6 is 0 Å². The van der Waals surface area contributed by atoms with Gasteiger partial charge in [-0.25, -0.2) is 0 Å². The fourth-order valence-corrected chi connectivity index (χ4v) is 4.86. The lowest BCUT2D eigenvalue weighted by molar-refractivity contribution is -0.142. The molecule has 2 heterocycles. The molecule has 0 bridgehead atoms. The fraction of sp³-hybridized carbons (Fsp3) is 0.321. The van der Waals surface area contributed by atoms with Gasteiger partial charge in [-0.1, -0.05) is 41.6 Å². The summed E-state index contributed by atoms with van der Waals surface area (Å²) in [5.41, 5.74) is 5.55. The first-order chi connectivity index (χ1) is 16.9. The van der Waals surface area contributed by atoms with Gasteiger partial charge >= 0.3 is 5.97 Å². The Labute approximate surface area is 205 Å². The maximum absolute atomic E-state index is 11.8. The normalized spacial score (nSPS) is 15.7. The van der Waals surface area contributed by atoms with E-state index in [0.29, 0.717) is 30.5 Å². The summed E-state index contributed by atoms with van der Waals surface area (Å²) >= 11 is 0. The molecular weight excluding hydrogens is 442 g/mol. The van der Waals surface area contributed by atoms with Gasteiger partial charge in [0.05, 0.1) is 11.6 Å². The second-order valence-corrected chi connectivity index (χ2v) is 9.22. The fourth-order valence-electron chi connectivity index (χ4n) is 4.86. The van der Waals surface area contributed by atoms with Crippen LogP contribution in [0.3, 0.4) is 0 Å². The van der Waals surface area contributed by atoms with Gasteiger partial charge in [-0.3, -0.25) is 9.59 Å². The first-order valence-corrected chi connectivity index (χ1v) is 11.9. The quantitative estimate of drug-likeness (QED) is 0.301. The molecule has 35 heavy (non-hydrogen) atoms. The molecule has 0 radical (unpaired) electrons. The third-order valence-corrected chi connectivity index (χ3v) is 7.01. The highest BCUT2D eigenvalue weighted by Gasteiger charge is 2.25. The summed E-state index contributed by atoms with van der Waals surface area (Å²) in [7, 11) is 1.68. The number of pyridine rings is 1. The number of hydrogen-bond acceptors (Lipinski definition) is 5. The number of carbonyl (C=O) groups is 1. The van der Waals surface area contributed by atoms with Crippen LogP contribution in [0.15, 0.2) is 76.8 Å². The Kier molecular flexibility index (Phi) is 7.34. The van der Waals surface area contributed by atoms with Gasteiger partial charge in [0.1, 0.15) is 0 Å². The van der Waals surface area contributed by atoms with E-state index in [4.69, 9.17) is 0 Å². The van der Waals surface area contributed by atoms with Crippen LogP contribution in [0.25, 0.3) is 0 Å². The van der Waals surface area contributed by atoms with E-state index in [1.807, 2.05) is 12.1 Å². The van der Waals surface area contributed by atoms with Gasteiger partial charge in [-0.2, -0.15) is 0 Å². The number of aryl methyl sites for hydroxylation is 2. The Bertz CT molecular complexity index is 1270. The summed E-state index contributed by atoms with van der Waals surface area (Å²) in [5, 5.41) is 22.7. The highest BCUT2D eigenvalue weighted by molar-refractivity contribution is 6.00. The van der Waals surface area contributed by atoms with Crippen molar-refractivity contribution in [2.24, 2.45) is 18.1 Å². The van der Waals surface area contributed by atoms with Crippen molar-refractivity contribution in [3.63, 3.8) is 0 Å². The minimum absolute atomic E-state index is 0.0499. The standard InChI is InChI=1S/C28H31N3O4/c1-19-5-3-4-6-24(19)25(17-26(29-35)22-9-12-27(32)30(2)18-22)20-7-10-23(11-8-20)31-15-13-21(14-16-31)28(33)34/h3-12,18,21,25,35H,13-17H2,1-2H3,(H,33,34)/b29-26-/t25-/m1/s1. The van der Waals surface area contributed by atoms with Crippen LogP contribution in [0.4, 0.5) is 5.69 Å². The van der Waals surface area contributed by atoms with Gasteiger partial charge in [0.25, 0.3) is 0 Å². The zero-order valence-corrected chi connectivity index (χ0v) is 20.1. The summed E-state index contributed by atoms with van der Waals surface area (Å²) in [4.78, 5) is 25.3. The predicted molar refractivity (Wildman–Crippen MR) is 137 cm³/mol. The lowest BCUT2D eigenvalue weighted by Gasteiger charge is -2.32. The molecule has 1 aliphatic rings. The Morgan fingerprint density at radius 1 is 1.06 bits per heavy atom. The molecule has 7 nitrogen and oxygen atoms in total. The van der Waals surface area contributed by atoms with Gasteiger partial charge in [0.15, 0.2) is 0 Å². The number of carboxylic acid groups (broad SMARTS) is 1. The van der Waals surface area contributed by atoms with E-state index in [2.05, 4.69) is 53.4 Å². The van der Waals surface area contributed by atoms with Gasteiger partial charge in [-0.05, 0) is 54.7 Å². The van der Waals surface area contributed by atoms with Crippen LogP contribution in [-0.2, 0) is 11.8 Å². The van der Waals surface area contributed by atoms with E-state index < -0.39 is 5.97 Å². The van der Waals surface area contributed by atoms with E-state index in [1.165, 1.54) is 10.6 Å². The molecule has 0 aliphatic carbocycles. The molecule has 1 aromatic heterocycles. The highest BCUT2D eigenvalue weighted by atomic mass is 16.4. The number of anilines is 1. The molecule has 1 atom stereocenters. The van der Waals surface area contributed by atoms with Crippen molar-refractivity contribution < 1.29 is 15.1 Å². The number of hydrogen-bond donors (Lipinski definition) is 2. The second kappa shape index (κ2) is 10.6. The Balaban J connectivity index is 1.62. The van der Waals surface area contributed by atoms with E-state index in [0.717, 1.165) is 35.5 Å². The summed E-state index contributed by atoms with van der Waals surface area (Å²) in [6.07, 6.45) is 3.46. The minimum Gasteiger partial charge on any atom is -0.481 e. The number of oxime groups is 1. The number of aliphatic carboxylic acids is 1. The third-order valence-electron chi connectivity index (χ3n) is 7.01. The molecular formula is C28H31N3O4. The van der Waals surface area contributed by atoms with Crippen LogP contribution in [0.5, 0.6) is 0 Å². The van der Waals surface area contributed by atoms with Crippen molar-refractivity contribution in [2.45, 2.75) is 32.1 Å². The first kappa shape index (κ1) is 24.3. The smallest absolute Gasteiger partial charge is 0.306 e. The maximum atomic E-state index is 11.8. The van der Waals surface area contributed by atoms with Gasteiger partial charge < -0.3 is 19.8 Å². The summed E-state index contributed by atoms with van der Waals surface area (Å²) in [5.74, 6) is -1.02. The number of carboxylic acids is 1. The van der Waals surface area contributed by atoms with Crippen LogP contribution < -0.4 is 10.5 Å². The molecule has 2 N–H and O–H groups in total. The number of aromatic nitrogens is 1. The van der Waals surface area contributed by atoms with E-state index >= 15 is 0 Å². The third kappa shape index (κ3) is 5.45. The molecule has 7 heteroatoms. The van der Waals surface area contributed by atoms with Crippen molar-refractivity contribution in [3.8, 4) is 0 Å². The monoisotopic (exact) mass is 473 g/mol. The van der Waals surface area contributed by atoms with Crippen molar-refractivity contribution in [3.05, 3.63) is 99.5 Å². The SMILES string of the molecule is Cc1ccccc1[C@H](C/C(=N/O)c1ccc(=O)n(C)c1)c1ccc(N2CCC(C(=O)O)CC2)cc1. The average Bonchev–Trinajstić information content (AvgIpc) is 2.87. The topological polar surface area (TPSA) is 95.1 Å². The molecule has 1 aliphatic heterocycles. The second-order valence-electron chi connectivity index (χ2n) is 9.22. The summed E-state index contributed by atoms with van der Waals surface area (Å²) in [6.45, 7) is 3.53. The van der Waals surface area contributed by atoms with Crippen molar-refractivity contribution in [2.75, 3.05) is 18.0 Å². The van der Waals surface area contributed by atoms with Gasteiger partial charge in [0, 0.05) is 56.0 Å². The zero-order valence-electron chi connectivity index (χ0n) is 20.1. The maximum Gasteiger partial charge on any atom is 0.306 e. The highest BCUT2D eigenvalue weighted by Crippen LogP contribution is 2.33. The number of benzene rings is 2. The minimum atomic E-state index is -0.707. The molecule has 2 aromatic carbocycles. The molecule has 1 saturated heterocycles. The van der Waals surface area contributed by atoms with Gasteiger partial charge in [0.2, 0.25) is 5.56 Å². The van der Waals surface area contributed by atoms with Crippen LogP contribution in [0.2, 0.25) is 0 Å². The molecule has 0 spiro atoms. The lowest BCUT2D eigenvalue weighted by Crippen LogP contribution is -2.36.